The molecule has 2 saturated heterocycles. The molecule has 5 heterocycles. The Morgan fingerprint density at radius 1 is 0.594 bits per heavy atom. The fraction of sp³-hybridized carbons (Fsp3) is 0.407. The standard InChI is InChI=1S/C54H58N6O4/c61-51(53(25-26-53)40-14-7-5-8-15-40)59-29-13-18-46(59)49-55-34-44(57-49)38-21-19-37(20-22-38)39-23-24-43-45-35-56-50(58-45)47-33-42(63-30-11-3-1-2-4-12-31-64-48(43)32-39)36-60(47)52(62)54(27-28-54)41-16-9-6-10-17-41/h5-10,14-17,19-24,32,34-35,42,46-47H,1-4,11-13,18,25-31,33,36H2,(H,55,57)(H,56,58)/t42-,46-,47-/m0/s1. The summed E-state index contributed by atoms with van der Waals surface area (Å²) in [5.41, 5.74) is 7.35. The van der Waals surface area contributed by atoms with Crippen molar-refractivity contribution >= 4 is 11.8 Å². The number of nitrogens with zero attached hydrogens (tertiary/aromatic N) is 4. The predicted molar refractivity (Wildman–Crippen MR) is 247 cm³/mol. The number of ether oxygens (including phenoxy) is 2. The van der Waals surface area contributed by atoms with Gasteiger partial charge in [0.2, 0.25) is 11.8 Å². The van der Waals surface area contributed by atoms with Gasteiger partial charge in [0.15, 0.2) is 0 Å². The van der Waals surface area contributed by atoms with Crippen molar-refractivity contribution in [3.63, 3.8) is 0 Å². The predicted octanol–water partition coefficient (Wildman–Crippen LogP) is 10.7. The van der Waals surface area contributed by atoms with E-state index < -0.39 is 5.41 Å². The molecule has 64 heavy (non-hydrogen) atoms. The van der Waals surface area contributed by atoms with Crippen LogP contribution in [0, 0.1) is 0 Å². The topological polar surface area (TPSA) is 116 Å². The Labute approximate surface area is 375 Å². The lowest BCUT2D eigenvalue weighted by Gasteiger charge is -2.28. The Bertz CT molecular complexity index is 2590. The van der Waals surface area contributed by atoms with Crippen LogP contribution >= 0.6 is 0 Å². The molecule has 6 aromatic rings. The molecule has 10 heteroatoms. The zero-order valence-corrected chi connectivity index (χ0v) is 36.6. The highest BCUT2D eigenvalue weighted by Crippen LogP contribution is 2.53. The van der Waals surface area contributed by atoms with Crippen molar-refractivity contribution in [1.29, 1.82) is 0 Å². The van der Waals surface area contributed by atoms with Gasteiger partial charge >= 0.3 is 0 Å². The molecule has 11 rings (SSSR count). The molecule has 2 aromatic heterocycles. The average Bonchev–Trinajstić information content (AvgIpc) is 3.99. The van der Waals surface area contributed by atoms with Crippen molar-refractivity contribution < 1.29 is 19.1 Å². The second-order valence-electron chi connectivity index (χ2n) is 18.9. The second-order valence-corrected chi connectivity index (χ2v) is 18.9. The first-order chi connectivity index (χ1) is 31.5. The number of H-pyrrole nitrogens is 2. The number of nitrogens with one attached hydrogen (secondary N) is 2. The van der Waals surface area contributed by atoms with Crippen LogP contribution in [0.4, 0.5) is 0 Å². The molecular weight excluding hydrogens is 797 g/mol. The summed E-state index contributed by atoms with van der Waals surface area (Å²) in [6.45, 7) is 2.69. The molecule has 0 spiro atoms. The summed E-state index contributed by atoms with van der Waals surface area (Å²) in [6, 6.07) is 35.3. The van der Waals surface area contributed by atoms with Gasteiger partial charge in [0.1, 0.15) is 17.4 Å². The molecule has 2 saturated carbocycles. The Balaban J connectivity index is 0.834. The number of imidazole rings is 2. The van der Waals surface area contributed by atoms with E-state index in [1.807, 2.05) is 48.8 Å². The summed E-state index contributed by atoms with van der Waals surface area (Å²) >= 11 is 0. The number of carbonyl (C=O) groups is 2. The molecule has 5 aliphatic rings. The molecule has 4 fully saturated rings. The first-order valence-electron chi connectivity index (χ1n) is 23.8. The van der Waals surface area contributed by atoms with Gasteiger partial charge in [-0.25, -0.2) is 9.97 Å². The largest absolute Gasteiger partial charge is 0.493 e. The molecule has 2 aliphatic carbocycles. The number of hydrogen-bond acceptors (Lipinski definition) is 6. The van der Waals surface area contributed by atoms with Crippen molar-refractivity contribution in [3.8, 4) is 39.4 Å². The molecule has 0 radical (unpaired) electrons. The van der Waals surface area contributed by atoms with Crippen LogP contribution in [-0.4, -0.2) is 74.0 Å². The fourth-order valence-electron chi connectivity index (χ4n) is 10.8. The van der Waals surface area contributed by atoms with Gasteiger partial charge in [0.25, 0.3) is 0 Å². The highest BCUT2D eigenvalue weighted by atomic mass is 16.5. The van der Waals surface area contributed by atoms with Crippen molar-refractivity contribution in [2.24, 2.45) is 0 Å². The lowest BCUT2D eigenvalue weighted by Crippen LogP contribution is -2.40. The third-order valence-corrected chi connectivity index (χ3v) is 14.8. The minimum absolute atomic E-state index is 0.0267. The van der Waals surface area contributed by atoms with Gasteiger partial charge in [-0.15, -0.1) is 0 Å². The molecule has 2 N–H and O–H groups in total. The van der Waals surface area contributed by atoms with Crippen LogP contribution < -0.4 is 4.74 Å². The number of benzene rings is 4. The van der Waals surface area contributed by atoms with E-state index >= 15 is 0 Å². The van der Waals surface area contributed by atoms with E-state index in [0.29, 0.717) is 13.2 Å². The van der Waals surface area contributed by atoms with Gasteiger partial charge in [-0.2, -0.15) is 0 Å². The van der Waals surface area contributed by atoms with E-state index in [2.05, 4.69) is 86.5 Å². The number of aromatic nitrogens is 4. The number of likely N-dealkylation sites (tertiary alicyclic amines) is 2. The Hall–Kier alpha value is -6.00. The summed E-state index contributed by atoms with van der Waals surface area (Å²) in [7, 11) is 0. The smallest absolute Gasteiger partial charge is 0.233 e. The van der Waals surface area contributed by atoms with E-state index in [4.69, 9.17) is 19.4 Å². The van der Waals surface area contributed by atoms with Crippen LogP contribution in [0.2, 0.25) is 0 Å². The van der Waals surface area contributed by atoms with E-state index in [-0.39, 0.29) is 35.4 Å². The number of fused-ring (bicyclic) bond motifs is 7. The molecule has 3 atom stereocenters. The number of carbonyl (C=O) groups excluding carboxylic acids is 2. The Morgan fingerprint density at radius 2 is 1.17 bits per heavy atom. The number of hydrogen-bond donors (Lipinski definition) is 2. The lowest BCUT2D eigenvalue weighted by molar-refractivity contribution is -0.136. The van der Waals surface area contributed by atoms with E-state index in [9.17, 15) is 9.59 Å². The Kier molecular flexibility index (Phi) is 10.9. The fourth-order valence-corrected chi connectivity index (χ4v) is 10.8. The molecule has 328 valence electrons. The molecule has 4 aromatic carbocycles. The monoisotopic (exact) mass is 854 g/mol. The zero-order valence-electron chi connectivity index (χ0n) is 36.6. The van der Waals surface area contributed by atoms with Gasteiger partial charge in [-0.3, -0.25) is 9.59 Å². The number of rotatable bonds is 7. The van der Waals surface area contributed by atoms with E-state index in [0.717, 1.165) is 146 Å². The third-order valence-electron chi connectivity index (χ3n) is 14.8. The average molecular weight is 855 g/mol. The van der Waals surface area contributed by atoms with E-state index in [1.165, 1.54) is 12.8 Å². The molecule has 10 nitrogen and oxygen atoms in total. The lowest BCUT2D eigenvalue weighted by atomic mass is 9.94. The van der Waals surface area contributed by atoms with Crippen molar-refractivity contribution in [3.05, 3.63) is 138 Å². The van der Waals surface area contributed by atoms with Crippen molar-refractivity contribution in [2.75, 3.05) is 26.3 Å². The number of aromatic amines is 2. The summed E-state index contributed by atoms with van der Waals surface area (Å²) in [4.78, 5) is 49.7. The maximum absolute atomic E-state index is 14.5. The maximum atomic E-state index is 14.5. The molecule has 0 unspecified atom stereocenters. The molecule has 2 amide bonds. The van der Waals surface area contributed by atoms with Gasteiger partial charge < -0.3 is 29.2 Å². The Morgan fingerprint density at radius 3 is 1.86 bits per heavy atom. The number of amides is 2. The molecular formula is C54H58N6O4. The zero-order chi connectivity index (χ0) is 43.1. The van der Waals surface area contributed by atoms with Crippen LogP contribution in [0.5, 0.6) is 5.75 Å². The van der Waals surface area contributed by atoms with Crippen molar-refractivity contribution in [1.82, 2.24) is 29.7 Å². The first kappa shape index (κ1) is 40.8. The van der Waals surface area contributed by atoms with Crippen LogP contribution in [0.1, 0.15) is 118 Å². The van der Waals surface area contributed by atoms with Crippen LogP contribution in [0.25, 0.3) is 33.6 Å². The summed E-state index contributed by atoms with van der Waals surface area (Å²) in [5.74, 6) is 2.88. The second kappa shape index (κ2) is 17.2. The molecule has 4 bridgehead atoms. The highest BCUT2D eigenvalue weighted by Gasteiger charge is 2.56. The van der Waals surface area contributed by atoms with Gasteiger partial charge in [-0.1, -0.05) is 117 Å². The van der Waals surface area contributed by atoms with Gasteiger partial charge in [-0.05, 0) is 91.3 Å². The summed E-state index contributed by atoms with van der Waals surface area (Å²) in [6.07, 6.45) is 16.6. The minimum Gasteiger partial charge on any atom is -0.493 e. The quantitative estimate of drug-likeness (QED) is 0.165. The highest BCUT2D eigenvalue weighted by molar-refractivity contribution is 5.92. The SMILES string of the molecule is O=C(N1CCC[C@H]1c1ncc(-c2ccc(-c3ccc4c(c3)OCCCCCCCCO[C@H]3C[C@@H](c5ncc-4[nH]5)N(C(=O)C4(c5ccccc5)CC4)C3)cc2)[nH]1)C1(c2ccccc2)CC1. The van der Waals surface area contributed by atoms with Gasteiger partial charge in [0.05, 0.1) is 59.4 Å². The van der Waals surface area contributed by atoms with Crippen LogP contribution in [0.3, 0.4) is 0 Å². The van der Waals surface area contributed by atoms with E-state index in [1.54, 1.807) is 0 Å². The first-order valence-corrected chi connectivity index (χ1v) is 23.8. The summed E-state index contributed by atoms with van der Waals surface area (Å²) < 4.78 is 13.1. The maximum Gasteiger partial charge on any atom is 0.233 e. The third kappa shape index (κ3) is 7.73. The van der Waals surface area contributed by atoms with Crippen LogP contribution in [-0.2, 0) is 25.2 Å². The van der Waals surface area contributed by atoms with Gasteiger partial charge in [0, 0.05) is 31.7 Å². The normalized spacial score (nSPS) is 22.8. The minimum atomic E-state index is -0.462. The van der Waals surface area contributed by atoms with Crippen LogP contribution in [0.15, 0.2) is 116 Å². The summed E-state index contributed by atoms with van der Waals surface area (Å²) in [5, 5.41) is 0. The molecule has 3 aliphatic heterocycles. The van der Waals surface area contributed by atoms with Crippen molar-refractivity contribution in [2.45, 2.75) is 112 Å².